The lowest BCUT2D eigenvalue weighted by molar-refractivity contribution is -0.126. The second-order valence-electron chi connectivity index (χ2n) is 14.5. The number of allylic oxidation sites excluding steroid dienone is 3. The zero-order valence-corrected chi connectivity index (χ0v) is 24.0. The summed E-state index contributed by atoms with van der Waals surface area (Å²) in [5.74, 6) is 5.92. The van der Waals surface area contributed by atoms with Gasteiger partial charge in [-0.25, -0.2) is 0 Å². The molecule has 0 saturated heterocycles. The molecule has 0 amide bonds. The number of Topliss-reactive ketones (excluding diaryl/α,β-unsaturated/α-hetero) is 1. The Kier molecular flexibility index (Phi) is 6.74. The van der Waals surface area contributed by atoms with E-state index in [9.17, 15) is 4.79 Å². The van der Waals surface area contributed by atoms with Crippen LogP contribution in [0.3, 0.4) is 0 Å². The van der Waals surface area contributed by atoms with Crippen molar-refractivity contribution in [1.29, 1.82) is 0 Å². The first-order chi connectivity index (χ1) is 17.0. The number of ketones is 1. The van der Waals surface area contributed by atoms with Gasteiger partial charge in [-0.2, -0.15) is 0 Å². The molecule has 4 aliphatic rings. The van der Waals surface area contributed by atoms with Gasteiger partial charge in [-0.3, -0.25) is 4.79 Å². The van der Waals surface area contributed by atoms with Gasteiger partial charge in [0, 0.05) is 11.0 Å². The van der Waals surface area contributed by atoms with E-state index in [1.165, 1.54) is 56.9 Å². The molecule has 0 aromatic carbocycles. The van der Waals surface area contributed by atoms with Crippen LogP contribution in [0.4, 0.5) is 0 Å². The van der Waals surface area contributed by atoms with Gasteiger partial charge in [-0.1, -0.05) is 65.5 Å². The largest absolute Gasteiger partial charge is 0.465 e. The van der Waals surface area contributed by atoms with Crippen LogP contribution in [-0.2, 0) is 4.79 Å². The fraction of sp³-hybridized carbons (Fsp3) is 0.735. The van der Waals surface area contributed by atoms with Crippen LogP contribution in [0, 0.1) is 51.8 Å². The highest BCUT2D eigenvalue weighted by molar-refractivity contribution is 6.06. The normalized spacial score (nSPS) is 39.5. The van der Waals surface area contributed by atoms with Crippen molar-refractivity contribution < 1.29 is 9.21 Å². The van der Waals surface area contributed by atoms with Crippen LogP contribution < -0.4 is 0 Å². The van der Waals surface area contributed by atoms with E-state index in [2.05, 4.69) is 54.5 Å². The third-order valence-electron chi connectivity index (χ3n) is 11.6. The van der Waals surface area contributed by atoms with Crippen LogP contribution in [-0.4, -0.2) is 5.78 Å². The first-order valence-electron chi connectivity index (χ1n) is 15.0. The molecule has 1 aromatic rings. The van der Waals surface area contributed by atoms with Crippen LogP contribution in [0.15, 0.2) is 40.0 Å². The highest BCUT2D eigenvalue weighted by Gasteiger charge is 2.61. The molecule has 198 valence electrons. The summed E-state index contributed by atoms with van der Waals surface area (Å²) in [4.78, 5) is 13.7. The first-order valence-corrected chi connectivity index (χ1v) is 15.0. The van der Waals surface area contributed by atoms with Gasteiger partial charge in [0.2, 0.25) is 0 Å². The number of furan rings is 1. The average molecular weight is 491 g/mol. The van der Waals surface area contributed by atoms with Crippen molar-refractivity contribution in [2.24, 2.45) is 51.8 Å². The summed E-state index contributed by atoms with van der Waals surface area (Å²) in [5, 5.41) is 0. The number of hydrogen-bond donors (Lipinski definition) is 0. The molecule has 3 fully saturated rings. The summed E-state index contributed by atoms with van der Waals surface area (Å²) >= 11 is 0. The topological polar surface area (TPSA) is 30.2 Å². The number of carbonyl (C=O) groups is 1. The van der Waals surface area contributed by atoms with Crippen molar-refractivity contribution in [2.45, 2.75) is 106 Å². The van der Waals surface area contributed by atoms with E-state index in [-0.39, 0.29) is 11.2 Å². The molecule has 7 unspecified atom stereocenters. The van der Waals surface area contributed by atoms with Gasteiger partial charge in [0.25, 0.3) is 0 Å². The minimum absolute atomic E-state index is 0.0705. The predicted octanol–water partition coefficient (Wildman–Crippen LogP) is 9.52. The number of rotatable bonds is 6. The molecule has 5 rings (SSSR count). The van der Waals surface area contributed by atoms with Crippen LogP contribution in [0.5, 0.6) is 0 Å². The lowest BCUT2D eigenvalue weighted by Gasteiger charge is -2.60. The highest BCUT2D eigenvalue weighted by Crippen LogP contribution is 2.69. The van der Waals surface area contributed by atoms with E-state index in [0.29, 0.717) is 11.3 Å². The molecule has 2 nitrogen and oxygen atoms in total. The summed E-state index contributed by atoms with van der Waals surface area (Å²) < 4.78 is 5.63. The van der Waals surface area contributed by atoms with Crippen molar-refractivity contribution in [3.8, 4) is 0 Å². The summed E-state index contributed by atoms with van der Waals surface area (Å²) in [6.45, 7) is 16.8. The molecule has 2 heteroatoms. The third-order valence-corrected chi connectivity index (χ3v) is 11.6. The number of hydrogen-bond acceptors (Lipinski definition) is 2. The Labute approximate surface area is 220 Å². The van der Waals surface area contributed by atoms with Gasteiger partial charge in [-0.05, 0) is 117 Å². The first kappa shape index (κ1) is 26.1. The van der Waals surface area contributed by atoms with Crippen LogP contribution in [0.2, 0.25) is 0 Å². The maximum Gasteiger partial charge on any atom is 0.168 e. The van der Waals surface area contributed by atoms with Crippen molar-refractivity contribution in [3.63, 3.8) is 0 Å². The van der Waals surface area contributed by atoms with Gasteiger partial charge in [0.1, 0.15) is 5.76 Å². The molecule has 3 saturated carbocycles. The van der Waals surface area contributed by atoms with Gasteiger partial charge in [-0.15, -0.1) is 0 Å². The Hall–Kier alpha value is -1.57. The van der Waals surface area contributed by atoms with Gasteiger partial charge in [0.05, 0.1) is 6.26 Å². The SMILES string of the molecule is CC(C)CCCC(C)C1CCC2C3CC=C4C(C)(C)C(=O)/C(=C\c5ccco5)CC4(C)C3CCC12C. The summed E-state index contributed by atoms with van der Waals surface area (Å²) in [6, 6.07) is 3.88. The Morgan fingerprint density at radius 1 is 1.06 bits per heavy atom. The molecule has 4 aliphatic carbocycles. The Bertz CT molecular complexity index is 1020. The smallest absolute Gasteiger partial charge is 0.168 e. The lowest BCUT2D eigenvalue weighted by atomic mass is 9.44. The predicted molar refractivity (Wildman–Crippen MR) is 149 cm³/mol. The summed E-state index contributed by atoms with van der Waals surface area (Å²) in [6.07, 6.45) is 18.0. The molecular formula is C34H50O2. The Balaban J connectivity index is 1.42. The van der Waals surface area contributed by atoms with E-state index in [0.717, 1.165) is 47.3 Å². The molecule has 0 spiro atoms. The molecule has 0 bridgehead atoms. The fourth-order valence-corrected chi connectivity index (χ4v) is 9.98. The molecular weight excluding hydrogens is 440 g/mol. The maximum absolute atomic E-state index is 13.7. The van der Waals surface area contributed by atoms with Crippen molar-refractivity contribution in [3.05, 3.63) is 41.4 Å². The summed E-state index contributed by atoms with van der Waals surface area (Å²) in [5.41, 5.74) is 2.53. The van der Waals surface area contributed by atoms with Crippen LogP contribution in [0.1, 0.15) is 112 Å². The van der Waals surface area contributed by atoms with E-state index < -0.39 is 5.41 Å². The van der Waals surface area contributed by atoms with E-state index in [4.69, 9.17) is 4.42 Å². The molecule has 7 atom stereocenters. The fourth-order valence-electron chi connectivity index (χ4n) is 9.98. The average Bonchev–Trinajstić information content (AvgIpc) is 3.44. The molecule has 36 heavy (non-hydrogen) atoms. The minimum atomic E-state index is -0.430. The van der Waals surface area contributed by atoms with Gasteiger partial charge in [0.15, 0.2) is 5.78 Å². The lowest BCUT2D eigenvalue weighted by Crippen LogP contribution is -2.54. The van der Waals surface area contributed by atoms with Gasteiger partial charge >= 0.3 is 0 Å². The Morgan fingerprint density at radius 3 is 2.53 bits per heavy atom. The van der Waals surface area contributed by atoms with E-state index >= 15 is 0 Å². The zero-order valence-electron chi connectivity index (χ0n) is 24.0. The van der Waals surface area contributed by atoms with Crippen LogP contribution in [0.25, 0.3) is 6.08 Å². The standard InChI is InChI=1S/C34H50O2/c1-22(2)10-8-11-23(3)27-14-15-28-26-13-16-30-32(4,5)31(35)24(20-25-12-9-19-36-25)21-34(30,7)29(26)17-18-33(27,28)6/h9,12,16,19-20,22-23,26-29H,8,10-11,13-15,17-18,21H2,1-7H3/b24-20-. The maximum atomic E-state index is 13.7. The number of fused-ring (bicyclic) bond motifs is 5. The molecule has 0 N–H and O–H groups in total. The quantitative estimate of drug-likeness (QED) is 0.293. The second kappa shape index (κ2) is 9.32. The van der Waals surface area contributed by atoms with E-state index in [1.807, 2.05) is 18.2 Å². The minimum Gasteiger partial charge on any atom is -0.465 e. The molecule has 1 heterocycles. The second-order valence-corrected chi connectivity index (χ2v) is 14.5. The third kappa shape index (κ3) is 4.10. The highest BCUT2D eigenvalue weighted by atomic mass is 16.3. The zero-order chi connectivity index (χ0) is 25.9. The summed E-state index contributed by atoms with van der Waals surface area (Å²) in [7, 11) is 0. The van der Waals surface area contributed by atoms with Crippen LogP contribution >= 0.6 is 0 Å². The molecule has 1 aromatic heterocycles. The molecule has 0 aliphatic heterocycles. The Morgan fingerprint density at radius 2 is 1.83 bits per heavy atom. The number of carbonyl (C=O) groups excluding carboxylic acids is 1. The van der Waals surface area contributed by atoms with Gasteiger partial charge < -0.3 is 4.42 Å². The monoisotopic (exact) mass is 490 g/mol. The van der Waals surface area contributed by atoms with Crippen molar-refractivity contribution in [2.75, 3.05) is 0 Å². The molecule has 0 radical (unpaired) electrons. The van der Waals surface area contributed by atoms with Crippen molar-refractivity contribution >= 4 is 11.9 Å². The van der Waals surface area contributed by atoms with E-state index in [1.54, 1.807) is 6.26 Å². The van der Waals surface area contributed by atoms with Crippen molar-refractivity contribution in [1.82, 2.24) is 0 Å².